The highest BCUT2D eigenvalue weighted by atomic mass is 19.1. The van der Waals surface area contributed by atoms with Gasteiger partial charge in [-0.05, 0) is 49.1 Å². The molecule has 0 aromatic carbocycles. The molecule has 0 spiro atoms. The lowest BCUT2D eigenvalue weighted by Crippen LogP contribution is -2.39. The molecule has 1 saturated heterocycles. The standard InChI is InChI=1S/C15H21FN2/c1-4-14(16)11-13(2)12-18-9-6-15(3,5-8-17)7-10-18/h4,11H,1-2,5-7,9-10,12H2,3H3/b14-11+. The van der Waals surface area contributed by atoms with E-state index in [2.05, 4.69) is 31.1 Å². The summed E-state index contributed by atoms with van der Waals surface area (Å²) >= 11 is 0. The minimum Gasteiger partial charge on any atom is -0.299 e. The Labute approximate surface area is 109 Å². The second kappa shape index (κ2) is 6.51. The highest BCUT2D eigenvalue weighted by molar-refractivity contribution is 5.23. The normalized spacial score (nSPS) is 20.2. The first-order valence-electron chi connectivity index (χ1n) is 6.26. The minimum atomic E-state index is -0.341. The lowest BCUT2D eigenvalue weighted by Gasteiger charge is -2.38. The van der Waals surface area contributed by atoms with E-state index in [1.807, 2.05) is 0 Å². The number of hydrogen-bond acceptors (Lipinski definition) is 2. The molecule has 0 aromatic heterocycles. The Bertz CT molecular complexity index is 382. The first-order valence-corrected chi connectivity index (χ1v) is 6.26. The van der Waals surface area contributed by atoms with Crippen LogP contribution in [0.4, 0.5) is 4.39 Å². The average molecular weight is 248 g/mol. The number of likely N-dealkylation sites (tertiary alicyclic amines) is 1. The highest BCUT2D eigenvalue weighted by Crippen LogP contribution is 2.34. The minimum absolute atomic E-state index is 0.148. The zero-order valence-electron chi connectivity index (χ0n) is 11.1. The van der Waals surface area contributed by atoms with Crippen LogP contribution in [0.15, 0.2) is 36.7 Å². The average Bonchev–Trinajstić information content (AvgIpc) is 2.32. The maximum absolute atomic E-state index is 13.0. The Morgan fingerprint density at radius 2 is 2.11 bits per heavy atom. The van der Waals surface area contributed by atoms with Crippen molar-refractivity contribution in [1.29, 1.82) is 5.26 Å². The topological polar surface area (TPSA) is 27.0 Å². The van der Waals surface area contributed by atoms with Gasteiger partial charge in [-0.25, -0.2) is 4.39 Å². The van der Waals surface area contributed by atoms with Gasteiger partial charge in [-0.2, -0.15) is 5.26 Å². The van der Waals surface area contributed by atoms with Gasteiger partial charge in [0.25, 0.3) is 0 Å². The first-order chi connectivity index (χ1) is 8.49. The molecule has 0 saturated carbocycles. The summed E-state index contributed by atoms with van der Waals surface area (Å²) in [4.78, 5) is 2.26. The van der Waals surface area contributed by atoms with Gasteiger partial charge in [0.05, 0.1) is 6.07 Å². The van der Waals surface area contributed by atoms with Crippen molar-refractivity contribution in [3.05, 3.63) is 36.7 Å². The van der Waals surface area contributed by atoms with E-state index in [9.17, 15) is 4.39 Å². The Kier molecular flexibility index (Phi) is 5.30. The highest BCUT2D eigenvalue weighted by Gasteiger charge is 2.29. The molecule has 0 radical (unpaired) electrons. The summed E-state index contributed by atoms with van der Waals surface area (Å²) in [6, 6.07) is 2.26. The van der Waals surface area contributed by atoms with Crippen molar-refractivity contribution < 1.29 is 4.39 Å². The molecule has 0 unspecified atom stereocenters. The van der Waals surface area contributed by atoms with Crippen molar-refractivity contribution in [3.8, 4) is 6.07 Å². The molecular formula is C15H21FN2. The Hall–Kier alpha value is -1.40. The summed E-state index contributed by atoms with van der Waals surface area (Å²) in [7, 11) is 0. The van der Waals surface area contributed by atoms with E-state index in [0.29, 0.717) is 13.0 Å². The molecule has 1 aliphatic rings. The number of rotatable bonds is 5. The van der Waals surface area contributed by atoms with Crippen molar-refractivity contribution in [3.63, 3.8) is 0 Å². The number of allylic oxidation sites excluding steroid dienone is 2. The number of halogens is 1. The fourth-order valence-electron chi connectivity index (χ4n) is 2.21. The summed E-state index contributed by atoms with van der Waals surface area (Å²) in [5, 5.41) is 8.78. The second-order valence-corrected chi connectivity index (χ2v) is 5.31. The van der Waals surface area contributed by atoms with Crippen LogP contribution >= 0.6 is 0 Å². The molecule has 1 heterocycles. The van der Waals surface area contributed by atoms with E-state index in [0.717, 1.165) is 31.5 Å². The molecule has 0 aliphatic carbocycles. The van der Waals surface area contributed by atoms with Gasteiger partial charge in [0.2, 0.25) is 0 Å². The molecule has 0 amide bonds. The molecule has 0 N–H and O–H groups in total. The summed E-state index contributed by atoms with van der Waals surface area (Å²) in [6.45, 7) is 12.0. The first kappa shape index (κ1) is 14.7. The van der Waals surface area contributed by atoms with E-state index < -0.39 is 0 Å². The van der Waals surface area contributed by atoms with Crippen molar-refractivity contribution in [2.75, 3.05) is 19.6 Å². The van der Waals surface area contributed by atoms with Crippen LogP contribution in [0, 0.1) is 16.7 Å². The number of hydrogen-bond donors (Lipinski definition) is 0. The molecule has 0 atom stereocenters. The number of nitriles is 1. The fourth-order valence-corrected chi connectivity index (χ4v) is 2.21. The monoisotopic (exact) mass is 248 g/mol. The molecule has 1 aliphatic heterocycles. The number of nitrogens with zero attached hydrogens (tertiary/aromatic N) is 2. The van der Waals surface area contributed by atoms with Crippen LogP contribution < -0.4 is 0 Å². The maximum Gasteiger partial charge on any atom is 0.122 e. The largest absolute Gasteiger partial charge is 0.299 e. The predicted octanol–water partition coefficient (Wildman–Crippen LogP) is 3.60. The van der Waals surface area contributed by atoms with Crippen LogP contribution in [-0.4, -0.2) is 24.5 Å². The van der Waals surface area contributed by atoms with E-state index in [4.69, 9.17) is 5.26 Å². The van der Waals surface area contributed by atoms with Crippen molar-refractivity contribution >= 4 is 0 Å². The predicted molar refractivity (Wildman–Crippen MR) is 72.5 cm³/mol. The van der Waals surface area contributed by atoms with Crippen LogP contribution in [0.5, 0.6) is 0 Å². The quantitative estimate of drug-likeness (QED) is 0.695. The van der Waals surface area contributed by atoms with Gasteiger partial charge in [-0.15, -0.1) is 0 Å². The van der Waals surface area contributed by atoms with Crippen LogP contribution in [0.1, 0.15) is 26.2 Å². The van der Waals surface area contributed by atoms with Crippen LogP contribution in [0.25, 0.3) is 0 Å². The smallest absolute Gasteiger partial charge is 0.122 e. The van der Waals surface area contributed by atoms with Gasteiger partial charge in [0.15, 0.2) is 0 Å². The zero-order valence-corrected chi connectivity index (χ0v) is 11.1. The van der Waals surface area contributed by atoms with Crippen LogP contribution in [0.2, 0.25) is 0 Å². The van der Waals surface area contributed by atoms with Crippen molar-refractivity contribution in [1.82, 2.24) is 4.90 Å². The molecule has 98 valence electrons. The summed E-state index contributed by atoms with van der Waals surface area (Å²) in [6.07, 6.45) is 5.26. The van der Waals surface area contributed by atoms with E-state index in [1.54, 1.807) is 0 Å². The molecule has 0 aromatic rings. The zero-order chi connectivity index (χ0) is 13.6. The lowest BCUT2D eigenvalue weighted by molar-refractivity contribution is 0.130. The van der Waals surface area contributed by atoms with Gasteiger partial charge >= 0.3 is 0 Å². The maximum atomic E-state index is 13.0. The van der Waals surface area contributed by atoms with E-state index in [1.165, 1.54) is 12.2 Å². The fraction of sp³-hybridized carbons (Fsp3) is 0.533. The van der Waals surface area contributed by atoms with Gasteiger partial charge in [-0.1, -0.05) is 20.1 Å². The molecular weight excluding hydrogens is 227 g/mol. The third-order valence-corrected chi connectivity index (χ3v) is 3.53. The third-order valence-electron chi connectivity index (χ3n) is 3.53. The van der Waals surface area contributed by atoms with Gasteiger partial charge in [-0.3, -0.25) is 4.90 Å². The van der Waals surface area contributed by atoms with Crippen molar-refractivity contribution in [2.45, 2.75) is 26.2 Å². The van der Waals surface area contributed by atoms with Gasteiger partial charge in [0.1, 0.15) is 5.83 Å². The molecule has 3 heteroatoms. The van der Waals surface area contributed by atoms with Crippen LogP contribution in [-0.2, 0) is 0 Å². The van der Waals surface area contributed by atoms with Gasteiger partial charge in [0, 0.05) is 13.0 Å². The molecule has 1 fully saturated rings. The summed E-state index contributed by atoms with van der Waals surface area (Å²) in [5.41, 5.74) is 0.908. The summed E-state index contributed by atoms with van der Waals surface area (Å²) in [5.74, 6) is -0.341. The Morgan fingerprint density at radius 1 is 1.50 bits per heavy atom. The molecule has 2 nitrogen and oxygen atoms in total. The Morgan fingerprint density at radius 3 is 2.61 bits per heavy atom. The third kappa shape index (κ3) is 4.46. The van der Waals surface area contributed by atoms with E-state index in [-0.39, 0.29) is 11.2 Å². The lowest BCUT2D eigenvalue weighted by atomic mass is 9.78. The molecule has 18 heavy (non-hydrogen) atoms. The number of piperidine rings is 1. The second-order valence-electron chi connectivity index (χ2n) is 5.31. The Balaban J connectivity index is 2.43. The van der Waals surface area contributed by atoms with Crippen LogP contribution in [0.3, 0.4) is 0 Å². The summed E-state index contributed by atoms with van der Waals surface area (Å²) < 4.78 is 13.0. The van der Waals surface area contributed by atoms with Crippen molar-refractivity contribution in [2.24, 2.45) is 5.41 Å². The molecule has 0 bridgehead atoms. The SMILES string of the molecule is C=C/C(F)=C\C(=C)CN1CCC(C)(CC#N)CC1. The van der Waals surface area contributed by atoms with Gasteiger partial charge < -0.3 is 0 Å². The molecule has 1 rings (SSSR count). The van der Waals surface area contributed by atoms with E-state index >= 15 is 0 Å².